The third-order valence-corrected chi connectivity index (χ3v) is 7.01. The second-order valence-electron chi connectivity index (χ2n) is 7.45. The standard InChI is InChI=1S/C19H26N4O2S/c1-14-3-5-16(6-4-14)26(25)22-12-9-17-18(13-22)20-23(19(17)24)15-7-10-21(2)11-8-15/h3-6,15,20H,7-13H2,1-2H3. The molecule has 0 aliphatic carbocycles. The lowest BCUT2D eigenvalue weighted by atomic mass is 10.1. The molecule has 2 aliphatic heterocycles. The van der Waals surface area contributed by atoms with Crippen LogP contribution in [0.3, 0.4) is 0 Å². The van der Waals surface area contributed by atoms with Gasteiger partial charge in [-0.3, -0.25) is 9.89 Å². The number of fused-ring (bicyclic) bond motifs is 1. The van der Waals surface area contributed by atoms with Crippen molar-refractivity contribution in [3.05, 3.63) is 51.4 Å². The molecule has 1 aromatic heterocycles. The molecule has 3 heterocycles. The Balaban J connectivity index is 1.54. The van der Waals surface area contributed by atoms with Crippen LogP contribution in [0.5, 0.6) is 0 Å². The molecule has 7 heteroatoms. The maximum atomic E-state index is 12.9. The van der Waals surface area contributed by atoms with Crippen LogP contribution < -0.4 is 5.56 Å². The fourth-order valence-electron chi connectivity index (χ4n) is 3.87. The summed E-state index contributed by atoms with van der Waals surface area (Å²) in [5.41, 5.74) is 3.09. The number of hydrogen-bond donors (Lipinski definition) is 1. The Morgan fingerprint density at radius 2 is 1.81 bits per heavy atom. The summed E-state index contributed by atoms with van der Waals surface area (Å²) in [6, 6.07) is 8.07. The first kappa shape index (κ1) is 17.7. The first-order valence-electron chi connectivity index (χ1n) is 9.27. The fourth-order valence-corrected chi connectivity index (χ4v) is 5.04. The summed E-state index contributed by atoms with van der Waals surface area (Å²) < 4.78 is 16.7. The predicted molar refractivity (Wildman–Crippen MR) is 103 cm³/mol. The van der Waals surface area contributed by atoms with Crippen LogP contribution in [0.2, 0.25) is 0 Å². The van der Waals surface area contributed by atoms with Gasteiger partial charge in [-0.05, 0) is 58.5 Å². The molecule has 4 rings (SSSR count). The number of hydrogen-bond acceptors (Lipinski definition) is 3. The topological polar surface area (TPSA) is 61.3 Å². The zero-order valence-corrected chi connectivity index (χ0v) is 16.2. The summed E-state index contributed by atoms with van der Waals surface area (Å²) in [5.74, 6) is 0. The van der Waals surface area contributed by atoms with Crippen molar-refractivity contribution in [2.45, 2.75) is 43.7 Å². The van der Waals surface area contributed by atoms with E-state index in [-0.39, 0.29) is 11.6 Å². The molecule has 1 fully saturated rings. The van der Waals surface area contributed by atoms with Crippen LogP contribution in [-0.4, -0.2) is 49.9 Å². The molecule has 6 nitrogen and oxygen atoms in total. The van der Waals surface area contributed by atoms with Crippen molar-refractivity contribution < 1.29 is 4.21 Å². The Bertz CT molecular complexity index is 863. The molecule has 1 atom stereocenters. The van der Waals surface area contributed by atoms with Gasteiger partial charge in [0, 0.05) is 12.1 Å². The minimum atomic E-state index is -1.20. The van der Waals surface area contributed by atoms with Gasteiger partial charge in [-0.2, -0.15) is 0 Å². The van der Waals surface area contributed by atoms with Crippen LogP contribution in [0, 0.1) is 6.92 Å². The summed E-state index contributed by atoms with van der Waals surface area (Å²) in [6.07, 6.45) is 2.64. The maximum absolute atomic E-state index is 12.9. The number of H-pyrrole nitrogens is 1. The van der Waals surface area contributed by atoms with E-state index in [1.54, 1.807) is 0 Å². The number of benzene rings is 1. The fraction of sp³-hybridized carbons (Fsp3) is 0.526. The van der Waals surface area contributed by atoms with Crippen LogP contribution >= 0.6 is 0 Å². The van der Waals surface area contributed by atoms with Gasteiger partial charge < -0.3 is 4.90 Å². The molecule has 1 unspecified atom stereocenters. The highest BCUT2D eigenvalue weighted by molar-refractivity contribution is 7.82. The second-order valence-corrected chi connectivity index (χ2v) is 8.94. The SMILES string of the molecule is Cc1ccc(S(=O)N2CCc3c([nH]n(C4CCN(C)CC4)c3=O)C2)cc1. The van der Waals surface area contributed by atoms with Crippen LogP contribution in [0.25, 0.3) is 0 Å². The minimum absolute atomic E-state index is 0.121. The molecule has 1 saturated heterocycles. The van der Waals surface area contributed by atoms with Crippen molar-refractivity contribution in [1.29, 1.82) is 0 Å². The van der Waals surface area contributed by atoms with Crippen molar-refractivity contribution in [3.63, 3.8) is 0 Å². The molecule has 2 aromatic rings. The molecule has 0 bridgehead atoms. The van der Waals surface area contributed by atoms with Crippen molar-refractivity contribution in [2.75, 3.05) is 26.7 Å². The first-order valence-corrected chi connectivity index (χ1v) is 10.4. The van der Waals surface area contributed by atoms with Gasteiger partial charge in [0.05, 0.1) is 23.2 Å². The Hall–Kier alpha value is -1.70. The molecule has 0 spiro atoms. The molecule has 0 radical (unpaired) electrons. The second kappa shape index (κ2) is 7.13. The van der Waals surface area contributed by atoms with Gasteiger partial charge in [0.15, 0.2) is 0 Å². The third-order valence-electron chi connectivity index (χ3n) is 5.55. The Kier molecular flexibility index (Phi) is 4.86. The Morgan fingerprint density at radius 1 is 1.12 bits per heavy atom. The summed E-state index contributed by atoms with van der Waals surface area (Å²) in [4.78, 5) is 15.9. The number of likely N-dealkylation sites (tertiary alicyclic amines) is 1. The van der Waals surface area contributed by atoms with E-state index >= 15 is 0 Å². The van der Waals surface area contributed by atoms with Crippen molar-refractivity contribution >= 4 is 11.0 Å². The highest BCUT2D eigenvalue weighted by atomic mass is 32.2. The molecule has 0 saturated carbocycles. The van der Waals surface area contributed by atoms with E-state index in [1.807, 2.05) is 40.2 Å². The van der Waals surface area contributed by atoms with Crippen molar-refractivity contribution in [3.8, 4) is 0 Å². The number of nitrogens with one attached hydrogen (secondary N) is 1. The molecule has 26 heavy (non-hydrogen) atoms. The quantitative estimate of drug-likeness (QED) is 0.892. The van der Waals surface area contributed by atoms with E-state index in [2.05, 4.69) is 17.0 Å². The van der Waals surface area contributed by atoms with Crippen LogP contribution in [-0.2, 0) is 24.0 Å². The van der Waals surface area contributed by atoms with E-state index in [4.69, 9.17) is 0 Å². The third kappa shape index (κ3) is 3.31. The summed E-state index contributed by atoms with van der Waals surface area (Å²) in [5, 5.41) is 3.34. The Labute approximate surface area is 156 Å². The average molecular weight is 375 g/mol. The summed E-state index contributed by atoms with van der Waals surface area (Å²) in [7, 11) is 0.925. The van der Waals surface area contributed by atoms with Crippen molar-refractivity contribution in [1.82, 2.24) is 19.0 Å². The largest absolute Gasteiger partial charge is 0.306 e. The van der Waals surface area contributed by atoms with E-state index in [0.29, 0.717) is 19.5 Å². The Morgan fingerprint density at radius 3 is 2.50 bits per heavy atom. The monoisotopic (exact) mass is 374 g/mol. The van der Waals surface area contributed by atoms with Gasteiger partial charge in [0.1, 0.15) is 11.0 Å². The van der Waals surface area contributed by atoms with E-state index < -0.39 is 11.0 Å². The zero-order valence-electron chi connectivity index (χ0n) is 15.4. The number of aryl methyl sites for hydroxylation is 1. The van der Waals surface area contributed by atoms with Crippen LogP contribution in [0.15, 0.2) is 34.0 Å². The average Bonchev–Trinajstić information content (AvgIpc) is 2.98. The summed E-state index contributed by atoms with van der Waals surface area (Å²) >= 11 is 0. The van der Waals surface area contributed by atoms with Gasteiger partial charge in [-0.25, -0.2) is 13.2 Å². The van der Waals surface area contributed by atoms with Crippen molar-refractivity contribution in [2.24, 2.45) is 0 Å². The van der Waals surface area contributed by atoms with Gasteiger partial charge in [-0.15, -0.1) is 0 Å². The normalized spacial score (nSPS) is 20.8. The molecule has 140 valence electrons. The van der Waals surface area contributed by atoms with Gasteiger partial charge >= 0.3 is 0 Å². The lowest BCUT2D eigenvalue weighted by Gasteiger charge is -2.29. The van der Waals surface area contributed by atoms with E-state index in [1.165, 1.54) is 0 Å². The maximum Gasteiger partial charge on any atom is 0.270 e. The molecular formula is C19H26N4O2S. The van der Waals surface area contributed by atoms with Crippen LogP contribution in [0.1, 0.15) is 35.7 Å². The number of piperidine rings is 1. The van der Waals surface area contributed by atoms with Crippen LogP contribution in [0.4, 0.5) is 0 Å². The molecule has 0 amide bonds. The highest BCUT2D eigenvalue weighted by Crippen LogP contribution is 2.24. The lowest BCUT2D eigenvalue weighted by molar-refractivity contribution is 0.209. The summed E-state index contributed by atoms with van der Waals surface area (Å²) in [6.45, 7) is 5.24. The zero-order chi connectivity index (χ0) is 18.3. The molecular weight excluding hydrogens is 348 g/mol. The molecule has 1 N–H and O–H groups in total. The number of nitrogens with zero attached hydrogens (tertiary/aromatic N) is 3. The number of aromatic nitrogens is 2. The lowest BCUT2D eigenvalue weighted by Crippen LogP contribution is -2.36. The predicted octanol–water partition coefficient (Wildman–Crippen LogP) is 1.83. The minimum Gasteiger partial charge on any atom is -0.306 e. The van der Waals surface area contributed by atoms with E-state index in [0.717, 1.165) is 47.6 Å². The van der Waals surface area contributed by atoms with Gasteiger partial charge in [0.2, 0.25) is 0 Å². The number of rotatable bonds is 3. The highest BCUT2D eigenvalue weighted by Gasteiger charge is 2.29. The molecule has 2 aliphatic rings. The molecule has 1 aromatic carbocycles. The van der Waals surface area contributed by atoms with E-state index in [9.17, 15) is 9.00 Å². The smallest absolute Gasteiger partial charge is 0.270 e. The number of aromatic amines is 1. The van der Waals surface area contributed by atoms with Gasteiger partial charge in [-0.1, -0.05) is 17.7 Å². The van der Waals surface area contributed by atoms with Gasteiger partial charge in [0.25, 0.3) is 5.56 Å². The first-order chi connectivity index (χ1) is 12.5.